The number of Topliss-reactive ketones (excluding diaryl/α,β-unsaturated/α-hetero) is 1. The number of hydrogen-bond acceptors (Lipinski definition) is 4. The third-order valence-corrected chi connectivity index (χ3v) is 6.63. The Morgan fingerprint density at radius 3 is 2.44 bits per heavy atom. The molecular weight excluding hydrogens is 472 g/mol. The standard InChI is InChI=1S/C30H41ClN2O3/c1-6-9-23(10-8-11-29(35)24-13-15-25(31)16-14-24)19-33(5)20-28-21(3)12-17-27(26(28)7-2)30(36)32-18-22(4)34/h12-17,20,22-23,34H,3,6-11,18-19H2,1-2,4-5H3,(H,32,36)/b28-20+. The summed E-state index contributed by atoms with van der Waals surface area (Å²) in [7, 11) is 2.06. The summed E-state index contributed by atoms with van der Waals surface area (Å²) >= 11 is 5.93. The molecule has 0 saturated carbocycles. The molecule has 0 aliphatic rings. The Kier molecular flexibility index (Phi) is 12.2. The number of amides is 1. The van der Waals surface area contributed by atoms with Crippen molar-refractivity contribution in [3.05, 3.63) is 68.5 Å². The minimum atomic E-state index is -0.597. The summed E-state index contributed by atoms with van der Waals surface area (Å²) in [6, 6.07) is 10.8. The van der Waals surface area contributed by atoms with Gasteiger partial charge in [-0.2, -0.15) is 0 Å². The van der Waals surface area contributed by atoms with Gasteiger partial charge in [-0.25, -0.2) is 0 Å². The SMILES string of the molecule is C=c1ccc(C(=O)NCC(C)O)c(CC)/c1=C/N(C)CC(CCC)CCCC(=O)c1ccc(Cl)cc1. The minimum absolute atomic E-state index is 0.154. The van der Waals surface area contributed by atoms with Gasteiger partial charge in [0.2, 0.25) is 0 Å². The fourth-order valence-corrected chi connectivity index (χ4v) is 4.68. The number of carbonyl (C=O) groups excluding carboxylic acids is 2. The lowest BCUT2D eigenvalue weighted by atomic mass is 9.94. The van der Waals surface area contributed by atoms with Gasteiger partial charge >= 0.3 is 0 Å². The van der Waals surface area contributed by atoms with E-state index in [1.54, 1.807) is 31.2 Å². The molecule has 1 amide bonds. The topological polar surface area (TPSA) is 69.6 Å². The second kappa shape index (κ2) is 14.8. The number of carbonyl (C=O) groups is 2. The van der Waals surface area contributed by atoms with Crippen LogP contribution in [0.3, 0.4) is 0 Å². The number of benzene rings is 2. The van der Waals surface area contributed by atoms with Crippen molar-refractivity contribution in [2.75, 3.05) is 20.1 Å². The van der Waals surface area contributed by atoms with Gasteiger partial charge in [-0.15, -0.1) is 0 Å². The number of nitrogens with one attached hydrogen (secondary N) is 1. The quantitative estimate of drug-likeness (QED) is 0.364. The van der Waals surface area contributed by atoms with Gasteiger partial charge in [0.1, 0.15) is 0 Å². The van der Waals surface area contributed by atoms with Crippen molar-refractivity contribution in [2.45, 2.75) is 65.4 Å². The summed E-state index contributed by atoms with van der Waals surface area (Å²) in [5, 5.41) is 14.8. The Bertz CT molecular complexity index is 1110. The lowest BCUT2D eigenvalue weighted by Crippen LogP contribution is -2.37. The van der Waals surface area contributed by atoms with E-state index >= 15 is 0 Å². The molecule has 36 heavy (non-hydrogen) atoms. The average Bonchev–Trinajstić information content (AvgIpc) is 2.84. The van der Waals surface area contributed by atoms with Crippen LogP contribution < -0.4 is 15.8 Å². The molecule has 0 aliphatic carbocycles. The van der Waals surface area contributed by atoms with Crippen LogP contribution in [0.2, 0.25) is 5.02 Å². The molecule has 2 aromatic carbocycles. The van der Waals surface area contributed by atoms with Crippen molar-refractivity contribution in [1.29, 1.82) is 0 Å². The first-order valence-electron chi connectivity index (χ1n) is 12.9. The van der Waals surface area contributed by atoms with Crippen molar-refractivity contribution in [1.82, 2.24) is 10.2 Å². The predicted octanol–water partition coefficient (Wildman–Crippen LogP) is 4.56. The van der Waals surface area contributed by atoms with Crippen LogP contribution in [0.15, 0.2) is 36.4 Å². The number of aliphatic hydroxyl groups excluding tert-OH is 1. The normalized spacial score (nSPS) is 13.3. The molecule has 0 bridgehead atoms. The zero-order valence-electron chi connectivity index (χ0n) is 22.1. The van der Waals surface area contributed by atoms with Crippen LogP contribution in [0.25, 0.3) is 12.8 Å². The molecule has 0 aromatic heterocycles. The van der Waals surface area contributed by atoms with E-state index in [-0.39, 0.29) is 18.2 Å². The Balaban J connectivity index is 2.11. The average molecular weight is 513 g/mol. The molecule has 2 rings (SSSR count). The predicted molar refractivity (Wildman–Crippen MR) is 150 cm³/mol. The zero-order valence-corrected chi connectivity index (χ0v) is 22.9. The van der Waals surface area contributed by atoms with E-state index in [0.717, 1.165) is 48.2 Å². The summed E-state index contributed by atoms with van der Waals surface area (Å²) in [6.07, 6.45) is 6.73. The Hall–Kier alpha value is -2.63. The van der Waals surface area contributed by atoms with Crippen molar-refractivity contribution in [3.63, 3.8) is 0 Å². The molecule has 2 atom stereocenters. The first-order valence-corrected chi connectivity index (χ1v) is 13.3. The second-order valence-corrected chi connectivity index (χ2v) is 10.1. The third-order valence-electron chi connectivity index (χ3n) is 6.38. The summed E-state index contributed by atoms with van der Waals surface area (Å²) in [5.41, 5.74) is 2.29. The molecule has 0 aliphatic heterocycles. The lowest BCUT2D eigenvalue weighted by Gasteiger charge is -2.23. The molecule has 0 fully saturated rings. The summed E-state index contributed by atoms with van der Waals surface area (Å²) in [5.74, 6) is 0.436. The van der Waals surface area contributed by atoms with Crippen LogP contribution in [-0.4, -0.2) is 47.9 Å². The van der Waals surface area contributed by atoms with Gasteiger partial charge < -0.3 is 15.3 Å². The maximum Gasteiger partial charge on any atom is 0.251 e. The number of aliphatic hydroxyl groups is 1. The van der Waals surface area contributed by atoms with Crippen LogP contribution in [0.5, 0.6) is 0 Å². The van der Waals surface area contributed by atoms with E-state index in [9.17, 15) is 14.7 Å². The van der Waals surface area contributed by atoms with E-state index in [1.165, 1.54) is 0 Å². The zero-order chi connectivity index (χ0) is 26.7. The molecule has 2 unspecified atom stereocenters. The van der Waals surface area contributed by atoms with Crippen LogP contribution in [0.1, 0.15) is 79.2 Å². The van der Waals surface area contributed by atoms with Gasteiger partial charge in [0.05, 0.1) is 6.10 Å². The van der Waals surface area contributed by atoms with E-state index in [0.29, 0.717) is 34.9 Å². The van der Waals surface area contributed by atoms with Gasteiger partial charge in [-0.3, -0.25) is 9.59 Å². The van der Waals surface area contributed by atoms with Gasteiger partial charge in [0, 0.05) is 54.1 Å². The first-order chi connectivity index (χ1) is 17.2. The van der Waals surface area contributed by atoms with Crippen molar-refractivity contribution in [2.24, 2.45) is 5.92 Å². The second-order valence-electron chi connectivity index (χ2n) is 9.62. The number of ketones is 1. The molecule has 0 heterocycles. The highest BCUT2D eigenvalue weighted by molar-refractivity contribution is 6.30. The highest BCUT2D eigenvalue weighted by Crippen LogP contribution is 2.18. The van der Waals surface area contributed by atoms with Crippen LogP contribution in [0.4, 0.5) is 0 Å². The largest absolute Gasteiger partial charge is 0.392 e. The highest BCUT2D eigenvalue weighted by Gasteiger charge is 2.15. The lowest BCUT2D eigenvalue weighted by molar-refractivity contribution is 0.0922. The molecular formula is C30H41ClN2O3. The molecule has 0 spiro atoms. The summed E-state index contributed by atoms with van der Waals surface area (Å²) < 4.78 is 0. The third kappa shape index (κ3) is 9.11. The molecule has 196 valence electrons. The Morgan fingerprint density at radius 1 is 1.14 bits per heavy atom. The Morgan fingerprint density at radius 2 is 1.83 bits per heavy atom. The van der Waals surface area contributed by atoms with E-state index in [1.807, 2.05) is 19.1 Å². The van der Waals surface area contributed by atoms with Crippen molar-refractivity contribution >= 4 is 36.1 Å². The molecule has 6 heteroatoms. The Labute approximate surface area is 220 Å². The monoisotopic (exact) mass is 512 g/mol. The van der Waals surface area contributed by atoms with Crippen LogP contribution in [0, 0.1) is 5.92 Å². The number of halogens is 1. The first kappa shape index (κ1) is 29.6. The van der Waals surface area contributed by atoms with Gasteiger partial charge in [-0.1, -0.05) is 44.5 Å². The molecule has 0 saturated heterocycles. The fraction of sp³-hybridized carbons (Fsp3) is 0.467. The highest BCUT2D eigenvalue weighted by atomic mass is 35.5. The molecule has 2 aromatic rings. The van der Waals surface area contributed by atoms with Crippen LogP contribution >= 0.6 is 11.6 Å². The van der Waals surface area contributed by atoms with E-state index in [4.69, 9.17) is 11.6 Å². The van der Waals surface area contributed by atoms with E-state index in [2.05, 4.69) is 37.0 Å². The smallest absolute Gasteiger partial charge is 0.251 e. The number of rotatable bonds is 14. The molecule has 0 radical (unpaired) electrons. The van der Waals surface area contributed by atoms with Gasteiger partial charge in [0.25, 0.3) is 5.91 Å². The maximum atomic E-state index is 12.7. The van der Waals surface area contributed by atoms with Crippen LogP contribution in [-0.2, 0) is 6.42 Å². The minimum Gasteiger partial charge on any atom is -0.392 e. The van der Waals surface area contributed by atoms with Crippen molar-refractivity contribution in [3.8, 4) is 0 Å². The van der Waals surface area contributed by atoms with E-state index < -0.39 is 6.10 Å². The fourth-order valence-electron chi connectivity index (χ4n) is 4.55. The molecule has 5 nitrogen and oxygen atoms in total. The number of nitrogens with zero attached hydrogens (tertiary/aromatic N) is 1. The molecule has 2 N–H and O–H groups in total. The van der Waals surface area contributed by atoms with Gasteiger partial charge in [0.15, 0.2) is 5.78 Å². The number of hydrogen-bond donors (Lipinski definition) is 2. The summed E-state index contributed by atoms with van der Waals surface area (Å²) in [6.45, 7) is 11.2. The maximum absolute atomic E-state index is 12.7. The summed E-state index contributed by atoms with van der Waals surface area (Å²) in [4.78, 5) is 27.4. The van der Waals surface area contributed by atoms with Crippen molar-refractivity contribution < 1.29 is 14.7 Å². The van der Waals surface area contributed by atoms with Gasteiger partial charge in [-0.05, 0) is 79.6 Å².